The van der Waals surface area contributed by atoms with E-state index in [1.807, 2.05) is 6.92 Å². The Morgan fingerprint density at radius 1 is 0.714 bits per heavy atom. The number of carbonyl (C=O) groups excluding carboxylic acids is 1. The van der Waals surface area contributed by atoms with Crippen LogP contribution in [-0.4, -0.2) is 23.1 Å². The van der Waals surface area contributed by atoms with E-state index in [9.17, 15) is 9.59 Å². The summed E-state index contributed by atoms with van der Waals surface area (Å²) in [6.07, 6.45) is 23.4. The van der Waals surface area contributed by atoms with Crippen molar-refractivity contribution >= 4 is 11.9 Å². The van der Waals surface area contributed by atoms with Gasteiger partial charge in [0, 0.05) is 12.2 Å². The van der Waals surface area contributed by atoms with Crippen LogP contribution < -0.4 is 0 Å². The normalized spacial score (nSPS) is 12.4. The zero-order valence-corrected chi connectivity index (χ0v) is 18.4. The molecule has 0 aliphatic carbocycles. The Balaban J connectivity index is 3.41. The van der Waals surface area contributed by atoms with Crippen molar-refractivity contribution in [2.75, 3.05) is 0 Å². The van der Waals surface area contributed by atoms with Crippen molar-refractivity contribution in [2.24, 2.45) is 0 Å². The predicted octanol–water partition coefficient (Wildman–Crippen LogP) is 7.21. The maximum Gasteiger partial charge on any atom is 0.331 e. The van der Waals surface area contributed by atoms with Crippen LogP contribution in [0.3, 0.4) is 0 Å². The Morgan fingerprint density at radius 3 is 1.54 bits per heavy atom. The number of esters is 1. The number of hydrogen-bond donors (Lipinski definition) is 1. The zero-order chi connectivity index (χ0) is 20.9. The van der Waals surface area contributed by atoms with Crippen molar-refractivity contribution in [2.45, 2.75) is 129 Å². The molecular formula is C24H44O4. The topological polar surface area (TPSA) is 63.6 Å². The number of rotatable bonds is 20. The lowest BCUT2D eigenvalue weighted by Gasteiger charge is -2.14. The Hall–Kier alpha value is -1.32. The maximum absolute atomic E-state index is 11.5. The molecule has 0 saturated carbocycles. The molecule has 4 heteroatoms. The van der Waals surface area contributed by atoms with Gasteiger partial charge in [0.15, 0.2) is 0 Å². The highest BCUT2D eigenvalue weighted by atomic mass is 16.5. The first kappa shape index (κ1) is 26.7. The molecule has 0 saturated heterocycles. The van der Waals surface area contributed by atoms with Crippen LogP contribution in [0.1, 0.15) is 123 Å². The number of aliphatic carboxylic acids is 1. The third-order valence-electron chi connectivity index (χ3n) is 5.23. The molecule has 0 bridgehead atoms. The van der Waals surface area contributed by atoms with Crippen LogP contribution in [0, 0.1) is 0 Å². The van der Waals surface area contributed by atoms with Gasteiger partial charge in [0.2, 0.25) is 0 Å². The second-order valence-corrected chi connectivity index (χ2v) is 7.88. The largest absolute Gasteiger partial charge is 0.478 e. The molecule has 0 aromatic rings. The molecule has 0 spiro atoms. The first-order chi connectivity index (χ1) is 13.6. The van der Waals surface area contributed by atoms with Crippen molar-refractivity contribution in [3.63, 3.8) is 0 Å². The van der Waals surface area contributed by atoms with Crippen LogP contribution in [0.5, 0.6) is 0 Å². The van der Waals surface area contributed by atoms with Crippen LogP contribution in [0.4, 0.5) is 0 Å². The Kier molecular flexibility index (Phi) is 19.5. The highest BCUT2D eigenvalue weighted by Gasteiger charge is 2.10. The molecule has 1 atom stereocenters. The predicted molar refractivity (Wildman–Crippen MR) is 116 cm³/mol. The van der Waals surface area contributed by atoms with Crippen LogP contribution in [0.2, 0.25) is 0 Å². The van der Waals surface area contributed by atoms with Crippen LogP contribution in [0.15, 0.2) is 12.2 Å². The van der Waals surface area contributed by atoms with Gasteiger partial charge >= 0.3 is 11.9 Å². The fourth-order valence-electron chi connectivity index (χ4n) is 3.43. The third kappa shape index (κ3) is 19.4. The van der Waals surface area contributed by atoms with Gasteiger partial charge in [0.1, 0.15) is 6.10 Å². The summed E-state index contributed by atoms with van der Waals surface area (Å²) in [7, 11) is 0. The van der Waals surface area contributed by atoms with Gasteiger partial charge < -0.3 is 9.84 Å². The van der Waals surface area contributed by atoms with E-state index >= 15 is 0 Å². The van der Waals surface area contributed by atoms with Gasteiger partial charge in [-0.25, -0.2) is 9.59 Å². The molecule has 1 unspecified atom stereocenters. The van der Waals surface area contributed by atoms with E-state index in [0.717, 1.165) is 31.4 Å². The van der Waals surface area contributed by atoms with Gasteiger partial charge in [0.05, 0.1) is 0 Å². The molecule has 0 radical (unpaired) electrons. The smallest absolute Gasteiger partial charge is 0.331 e. The van der Waals surface area contributed by atoms with Gasteiger partial charge in [-0.3, -0.25) is 0 Å². The molecule has 28 heavy (non-hydrogen) atoms. The van der Waals surface area contributed by atoms with Crippen molar-refractivity contribution < 1.29 is 19.4 Å². The lowest BCUT2D eigenvalue weighted by Crippen LogP contribution is -2.16. The van der Waals surface area contributed by atoms with E-state index in [1.54, 1.807) is 0 Å². The minimum Gasteiger partial charge on any atom is -0.478 e. The monoisotopic (exact) mass is 396 g/mol. The number of hydrogen-bond acceptors (Lipinski definition) is 3. The van der Waals surface area contributed by atoms with E-state index in [1.165, 1.54) is 89.9 Å². The third-order valence-corrected chi connectivity index (χ3v) is 5.23. The zero-order valence-electron chi connectivity index (χ0n) is 18.4. The standard InChI is InChI=1S/C24H44O4/c1-3-5-6-7-8-9-10-11-12-13-14-15-16-17-18-19-22(4-2)28-24(27)21-20-23(25)26/h20-22H,3-19H2,1-2H3,(H,25,26)/b21-20+. The quantitative estimate of drug-likeness (QED) is 0.134. The number of carboxylic acid groups (broad SMARTS) is 1. The molecule has 1 N–H and O–H groups in total. The molecule has 0 amide bonds. The fourth-order valence-corrected chi connectivity index (χ4v) is 3.43. The maximum atomic E-state index is 11.5. The van der Waals surface area contributed by atoms with E-state index in [0.29, 0.717) is 0 Å². The first-order valence-corrected chi connectivity index (χ1v) is 11.7. The molecule has 0 aliphatic heterocycles. The minimum absolute atomic E-state index is 0.104. The first-order valence-electron chi connectivity index (χ1n) is 11.7. The number of carboxylic acids is 1. The van der Waals surface area contributed by atoms with Crippen LogP contribution in [-0.2, 0) is 14.3 Å². The summed E-state index contributed by atoms with van der Waals surface area (Å²) in [6, 6.07) is 0. The van der Waals surface area contributed by atoms with E-state index in [4.69, 9.17) is 9.84 Å². The summed E-state index contributed by atoms with van der Waals surface area (Å²) in [5, 5.41) is 8.51. The van der Waals surface area contributed by atoms with Crippen LogP contribution >= 0.6 is 0 Å². The van der Waals surface area contributed by atoms with Crippen LogP contribution in [0.25, 0.3) is 0 Å². The Morgan fingerprint density at radius 2 is 1.14 bits per heavy atom. The summed E-state index contributed by atoms with van der Waals surface area (Å²) < 4.78 is 5.28. The molecule has 0 aromatic carbocycles. The van der Waals surface area contributed by atoms with E-state index in [2.05, 4.69) is 6.92 Å². The van der Waals surface area contributed by atoms with Gasteiger partial charge in [0.25, 0.3) is 0 Å². The SMILES string of the molecule is CCCCCCCCCCCCCCCCCC(CC)OC(=O)/C=C/C(=O)O. The summed E-state index contributed by atoms with van der Waals surface area (Å²) in [6.45, 7) is 4.26. The fraction of sp³-hybridized carbons (Fsp3) is 0.833. The molecule has 0 aliphatic rings. The second kappa shape index (κ2) is 20.4. The van der Waals surface area contributed by atoms with Crippen molar-refractivity contribution in [1.29, 1.82) is 0 Å². The van der Waals surface area contributed by atoms with Crippen molar-refractivity contribution in [3.8, 4) is 0 Å². The average molecular weight is 397 g/mol. The summed E-state index contributed by atoms with van der Waals surface area (Å²) in [5.74, 6) is -1.69. The van der Waals surface area contributed by atoms with Crippen molar-refractivity contribution in [1.82, 2.24) is 0 Å². The lowest BCUT2D eigenvalue weighted by atomic mass is 10.0. The number of ether oxygens (including phenoxy) is 1. The molecule has 4 nitrogen and oxygen atoms in total. The highest BCUT2D eigenvalue weighted by Crippen LogP contribution is 2.15. The second-order valence-electron chi connectivity index (χ2n) is 7.88. The highest BCUT2D eigenvalue weighted by molar-refractivity contribution is 5.90. The van der Waals surface area contributed by atoms with E-state index in [-0.39, 0.29) is 6.10 Å². The van der Waals surface area contributed by atoms with Gasteiger partial charge in [-0.15, -0.1) is 0 Å². The summed E-state index contributed by atoms with van der Waals surface area (Å²) >= 11 is 0. The molecule has 0 fully saturated rings. The number of carbonyl (C=O) groups is 2. The molecule has 0 aromatic heterocycles. The molecular weight excluding hydrogens is 352 g/mol. The molecule has 0 heterocycles. The summed E-state index contributed by atoms with van der Waals surface area (Å²) in [4.78, 5) is 21.9. The number of unbranched alkanes of at least 4 members (excludes halogenated alkanes) is 14. The minimum atomic E-state index is -1.13. The van der Waals surface area contributed by atoms with Crippen molar-refractivity contribution in [3.05, 3.63) is 12.2 Å². The average Bonchev–Trinajstić information content (AvgIpc) is 2.68. The van der Waals surface area contributed by atoms with Gasteiger partial charge in [-0.1, -0.05) is 104 Å². The molecule has 0 rings (SSSR count). The lowest BCUT2D eigenvalue weighted by molar-refractivity contribution is -0.144. The Bertz CT molecular complexity index is 403. The van der Waals surface area contributed by atoms with Gasteiger partial charge in [-0.05, 0) is 19.3 Å². The van der Waals surface area contributed by atoms with Gasteiger partial charge in [-0.2, -0.15) is 0 Å². The molecule has 164 valence electrons. The Labute approximate surface area is 173 Å². The summed E-state index contributed by atoms with van der Waals surface area (Å²) in [5.41, 5.74) is 0. The van der Waals surface area contributed by atoms with E-state index < -0.39 is 11.9 Å².